The van der Waals surface area contributed by atoms with E-state index in [2.05, 4.69) is 16.2 Å². The number of aromatic nitrogens is 4. The van der Waals surface area contributed by atoms with E-state index in [9.17, 15) is 19.6 Å². The number of hydrogen-bond donors (Lipinski definition) is 1. The molecule has 0 spiro atoms. The molecule has 0 saturated carbocycles. The number of furan rings is 1. The van der Waals surface area contributed by atoms with Crippen molar-refractivity contribution in [3.63, 3.8) is 0 Å². The fourth-order valence-corrected chi connectivity index (χ4v) is 6.70. The van der Waals surface area contributed by atoms with Crippen molar-refractivity contribution in [2.24, 2.45) is 0 Å². The van der Waals surface area contributed by atoms with Gasteiger partial charge >= 0.3 is 6.16 Å². The van der Waals surface area contributed by atoms with Gasteiger partial charge in [-0.1, -0.05) is 36.4 Å². The number of halogens is 2. The highest BCUT2D eigenvalue weighted by Gasteiger charge is 2.32. The first-order valence-corrected chi connectivity index (χ1v) is 16.5. The highest BCUT2D eigenvalue weighted by Crippen LogP contribution is 2.39. The van der Waals surface area contributed by atoms with Crippen LogP contribution in [0.15, 0.2) is 89.2 Å². The van der Waals surface area contributed by atoms with E-state index in [1.807, 2.05) is 41.6 Å². The summed E-state index contributed by atoms with van der Waals surface area (Å²) >= 11 is 1.30. The van der Waals surface area contributed by atoms with Crippen molar-refractivity contribution in [1.82, 2.24) is 24.6 Å². The molecule has 6 aromatic rings. The molecule has 0 aliphatic carbocycles. The second-order valence-electron chi connectivity index (χ2n) is 11.6. The Bertz CT molecular complexity index is 2090. The number of para-hydroxylation sites is 1. The smallest absolute Gasteiger partial charge is 0.457 e. The summed E-state index contributed by atoms with van der Waals surface area (Å²) in [6.45, 7) is 0.515. The highest BCUT2D eigenvalue weighted by atomic mass is 32.1. The van der Waals surface area contributed by atoms with E-state index in [0.717, 1.165) is 22.6 Å². The van der Waals surface area contributed by atoms with E-state index >= 15 is 4.39 Å². The number of fused-ring (bicyclic) bond motifs is 1. The van der Waals surface area contributed by atoms with Gasteiger partial charge in [0, 0.05) is 47.0 Å². The fourth-order valence-electron chi connectivity index (χ4n) is 5.72. The van der Waals surface area contributed by atoms with Crippen LogP contribution in [0.5, 0.6) is 0 Å². The number of hydrogen-bond acceptors (Lipinski definition) is 11. The zero-order chi connectivity index (χ0) is 35.0. The molecular formula is C36H32F2N6O5S. The van der Waals surface area contributed by atoms with Gasteiger partial charge in [-0.25, -0.2) is 23.5 Å². The van der Waals surface area contributed by atoms with E-state index in [1.165, 1.54) is 40.8 Å². The van der Waals surface area contributed by atoms with Gasteiger partial charge in [0.25, 0.3) is 0 Å². The van der Waals surface area contributed by atoms with Crippen LogP contribution < -0.4 is 0 Å². The predicted octanol–water partition coefficient (Wildman–Crippen LogP) is 6.64. The van der Waals surface area contributed by atoms with E-state index in [1.54, 1.807) is 24.3 Å². The zero-order valence-electron chi connectivity index (χ0n) is 26.9. The first-order valence-electron chi connectivity index (χ1n) is 15.6. The lowest BCUT2D eigenvalue weighted by Gasteiger charge is -2.26. The van der Waals surface area contributed by atoms with E-state index in [0.29, 0.717) is 40.7 Å². The predicted molar refractivity (Wildman–Crippen MR) is 180 cm³/mol. The molecule has 14 heteroatoms. The van der Waals surface area contributed by atoms with E-state index in [-0.39, 0.29) is 31.9 Å². The molecule has 0 aliphatic rings. The summed E-state index contributed by atoms with van der Waals surface area (Å²) in [4.78, 5) is 23.9. The number of ether oxygens (including phenoxy) is 2. The third-order valence-electron chi connectivity index (χ3n) is 8.24. The Hall–Kier alpha value is -5.49. The summed E-state index contributed by atoms with van der Waals surface area (Å²) in [5.74, 6) is -2.51. The van der Waals surface area contributed by atoms with Gasteiger partial charge in [0.1, 0.15) is 47.2 Å². The number of carbonyl (C=O) groups excluding carboxylic acids is 1. The van der Waals surface area contributed by atoms with Gasteiger partial charge in [0.05, 0.1) is 36.4 Å². The van der Waals surface area contributed by atoms with Gasteiger partial charge in [0.15, 0.2) is 6.61 Å². The third kappa shape index (κ3) is 8.03. The van der Waals surface area contributed by atoms with Crippen molar-refractivity contribution in [1.29, 1.82) is 5.26 Å². The Labute approximate surface area is 290 Å². The molecule has 3 heterocycles. The molecule has 6 rings (SSSR count). The number of nitrogens with zero attached hydrogens (tertiary/aromatic N) is 6. The SMILES string of the molecule is CN(CCO)Cc1c(COC(=O)OC[C@H](c2nc(-c3ccc(C#N)cc3)cs2)[C@@H](Cn2cncn2)c2ccc(F)cc2F)oc2ccccc12. The Balaban J connectivity index is 1.27. The van der Waals surface area contributed by atoms with E-state index in [4.69, 9.17) is 18.9 Å². The second kappa shape index (κ2) is 15.8. The average Bonchev–Trinajstić information content (AvgIpc) is 3.89. The molecule has 0 saturated heterocycles. The Kier molecular flexibility index (Phi) is 10.9. The quantitative estimate of drug-likeness (QED) is 0.123. The minimum atomic E-state index is -0.979. The van der Waals surface area contributed by atoms with Crippen molar-refractivity contribution in [2.75, 3.05) is 26.8 Å². The molecule has 11 nitrogen and oxygen atoms in total. The number of aliphatic hydroxyl groups excluding tert-OH is 1. The lowest BCUT2D eigenvalue weighted by atomic mass is 9.86. The first kappa shape index (κ1) is 34.4. The molecular weight excluding hydrogens is 666 g/mol. The largest absolute Gasteiger partial charge is 0.508 e. The summed E-state index contributed by atoms with van der Waals surface area (Å²) in [5.41, 5.74) is 3.51. The number of benzene rings is 3. The monoisotopic (exact) mass is 698 g/mol. The van der Waals surface area contributed by atoms with Gasteiger partial charge in [-0.3, -0.25) is 9.58 Å². The zero-order valence-corrected chi connectivity index (χ0v) is 27.7. The first-order chi connectivity index (χ1) is 24.3. The third-order valence-corrected chi connectivity index (χ3v) is 9.22. The Morgan fingerprint density at radius 1 is 1.12 bits per heavy atom. The molecule has 0 radical (unpaired) electrons. The maximum absolute atomic E-state index is 15.4. The molecule has 0 amide bonds. The van der Waals surface area contributed by atoms with Crippen LogP contribution in [0, 0.1) is 23.0 Å². The molecule has 3 aromatic heterocycles. The van der Waals surface area contributed by atoms with E-state index < -0.39 is 29.6 Å². The van der Waals surface area contributed by atoms with Gasteiger partial charge < -0.3 is 19.0 Å². The van der Waals surface area contributed by atoms with Crippen molar-refractivity contribution < 1.29 is 32.6 Å². The van der Waals surface area contributed by atoms with Crippen molar-refractivity contribution in [2.45, 2.75) is 31.5 Å². The number of aliphatic hydroxyl groups is 1. The van der Waals surface area contributed by atoms with Gasteiger partial charge in [0.2, 0.25) is 0 Å². The van der Waals surface area contributed by atoms with Gasteiger partial charge in [-0.15, -0.1) is 11.3 Å². The molecule has 0 fully saturated rings. The summed E-state index contributed by atoms with van der Waals surface area (Å²) in [5, 5.41) is 26.0. The van der Waals surface area contributed by atoms with Crippen LogP contribution in [0.2, 0.25) is 0 Å². The van der Waals surface area contributed by atoms with Crippen molar-refractivity contribution >= 4 is 28.5 Å². The molecule has 2 atom stereocenters. The van der Waals surface area contributed by atoms with Crippen molar-refractivity contribution in [3.05, 3.63) is 124 Å². The number of thiazole rings is 1. The number of carbonyl (C=O) groups is 1. The van der Waals surface area contributed by atoms with Crippen LogP contribution in [0.1, 0.15) is 39.3 Å². The molecule has 0 bridgehead atoms. The molecule has 3 aromatic carbocycles. The summed E-state index contributed by atoms with van der Waals surface area (Å²) in [7, 11) is 1.86. The van der Waals surface area contributed by atoms with Crippen LogP contribution in [0.25, 0.3) is 22.2 Å². The Morgan fingerprint density at radius 3 is 2.68 bits per heavy atom. The maximum atomic E-state index is 15.4. The summed E-state index contributed by atoms with van der Waals surface area (Å²) < 4.78 is 48.2. The Morgan fingerprint density at radius 2 is 1.94 bits per heavy atom. The molecule has 50 heavy (non-hydrogen) atoms. The van der Waals surface area contributed by atoms with Crippen LogP contribution in [0.3, 0.4) is 0 Å². The molecule has 256 valence electrons. The van der Waals surface area contributed by atoms with Crippen LogP contribution in [-0.4, -0.2) is 62.7 Å². The summed E-state index contributed by atoms with van der Waals surface area (Å²) in [6, 6.07) is 19.8. The molecule has 1 N–H and O–H groups in total. The summed E-state index contributed by atoms with van der Waals surface area (Å²) in [6.07, 6.45) is 1.85. The number of likely N-dealkylation sites (N-methyl/N-ethyl adjacent to an activating group) is 1. The average molecular weight is 699 g/mol. The van der Waals surface area contributed by atoms with Gasteiger partial charge in [-0.2, -0.15) is 10.4 Å². The van der Waals surface area contributed by atoms with Crippen LogP contribution in [0.4, 0.5) is 13.6 Å². The molecule has 0 aliphatic heterocycles. The van der Waals surface area contributed by atoms with Crippen LogP contribution >= 0.6 is 11.3 Å². The van der Waals surface area contributed by atoms with Crippen molar-refractivity contribution in [3.8, 4) is 17.3 Å². The number of rotatable bonds is 14. The second-order valence-corrected chi connectivity index (χ2v) is 12.5. The topological polar surface area (TPSA) is 140 Å². The maximum Gasteiger partial charge on any atom is 0.508 e. The van der Waals surface area contributed by atoms with Gasteiger partial charge in [-0.05, 0) is 36.9 Å². The minimum Gasteiger partial charge on any atom is -0.457 e. The highest BCUT2D eigenvalue weighted by molar-refractivity contribution is 7.10. The fraction of sp³-hybridized carbons (Fsp3) is 0.250. The standard InChI is InChI=1S/C36H32F2N6O5S/c1-43(12-13-45)16-29-27-4-2-3-5-33(27)49-34(29)19-48-36(46)47-18-30(35-42-32(20-50-35)24-8-6-23(15-39)7-9-24)28(17-44-22-40-21-41-44)26-11-10-25(37)14-31(26)38/h2-11,14,20-22,28,30,45H,12-13,16-19H2,1H3/t28-,30-/m0/s1. The lowest BCUT2D eigenvalue weighted by Crippen LogP contribution is -2.24. The molecule has 0 unspecified atom stereocenters. The van der Waals surface area contributed by atoms with Crippen LogP contribution in [-0.2, 0) is 29.2 Å². The number of nitriles is 1. The normalized spacial score (nSPS) is 12.6. The minimum absolute atomic E-state index is 0.0145. The lowest BCUT2D eigenvalue weighted by molar-refractivity contribution is 0.0389.